The van der Waals surface area contributed by atoms with Gasteiger partial charge in [0, 0.05) is 37.3 Å². The number of aryl methyl sites for hydroxylation is 1. The number of aromatic amines is 1. The molecule has 1 amide bonds. The summed E-state index contributed by atoms with van der Waals surface area (Å²) in [6, 6.07) is 0.889. The lowest BCUT2D eigenvalue weighted by Gasteiger charge is -2.09. The maximum absolute atomic E-state index is 11.7. The maximum Gasteiger partial charge on any atom is 0.407 e. The van der Waals surface area contributed by atoms with E-state index in [9.17, 15) is 4.79 Å². The van der Waals surface area contributed by atoms with Crippen molar-refractivity contribution in [2.75, 3.05) is 27.0 Å². The van der Waals surface area contributed by atoms with Crippen LogP contribution in [0.2, 0.25) is 2.82 Å². The zero-order valence-electron chi connectivity index (χ0n) is 26.6. The Morgan fingerprint density at radius 2 is 2.62 bits per heavy atom. The number of carbonyl (C=O) groups excluding carboxylic acids is 1. The van der Waals surface area contributed by atoms with Gasteiger partial charge in [0.25, 0.3) is 0 Å². The molecule has 5 heteroatoms. The molecule has 0 aliphatic carbocycles. The first-order valence-electron chi connectivity index (χ1n) is 13.8. The van der Waals surface area contributed by atoms with Crippen LogP contribution in [0.15, 0.2) is 24.4 Å². The zero-order chi connectivity index (χ0) is 28.7. The van der Waals surface area contributed by atoms with E-state index in [-0.39, 0.29) is 21.8 Å². The fraction of sp³-hybridized carbons (Fsp3) is 0.438. The van der Waals surface area contributed by atoms with Crippen molar-refractivity contribution < 1.29 is 31.5 Å². The minimum atomic E-state index is -3.78. The molecule has 0 unspecified atom stereocenters. The summed E-state index contributed by atoms with van der Waals surface area (Å²) in [7, 11) is 0. The minimum absolute atomic E-state index is 0.00589. The molecule has 2 aromatic rings. The number of nitrogens with zero attached hydrogens (tertiary/aromatic N) is 1. The monoisotopic (exact) mass is 303 g/mol. The van der Waals surface area contributed by atoms with E-state index in [2.05, 4.69) is 4.74 Å². The van der Waals surface area contributed by atoms with E-state index in [1.807, 2.05) is 0 Å². The molecule has 1 saturated heterocycles. The Kier molecular flexibility index (Phi) is 1.23. The lowest BCUT2D eigenvalue weighted by Crippen LogP contribution is -2.28. The van der Waals surface area contributed by atoms with Gasteiger partial charge in [0.15, 0.2) is 2.82 Å². The lowest BCUT2D eigenvalue weighted by molar-refractivity contribution is 0.177. The van der Waals surface area contributed by atoms with Crippen molar-refractivity contribution in [1.82, 2.24) is 15.2 Å². The molecule has 1 aromatic heterocycles. The maximum atomic E-state index is 11.7. The molecule has 21 heavy (non-hydrogen) atoms. The molecule has 2 heterocycles. The molecule has 1 fully saturated rings. The summed E-state index contributed by atoms with van der Waals surface area (Å²) >= 11 is 0. The van der Waals surface area contributed by atoms with Crippen molar-refractivity contribution in [3.63, 3.8) is 0 Å². The van der Waals surface area contributed by atoms with Gasteiger partial charge in [-0.25, -0.2) is 4.79 Å². The topological polar surface area (TPSA) is 57.4 Å². The number of hydrogen-bond donors (Lipinski definition) is 2. The smallest absolute Gasteiger partial charge is 0.407 e. The van der Waals surface area contributed by atoms with Crippen LogP contribution in [0.1, 0.15) is 30.3 Å². The number of cyclic esters (lactones) is 1. The van der Waals surface area contributed by atoms with Crippen molar-refractivity contribution in [2.24, 2.45) is 0 Å². The van der Waals surface area contributed by atoms with Crippen LogP contribution >= 0.6 is 0 Å². The Morgan fingerprint density at radius 1 is 1.71 bits per heavy atom. The molecular weight excluding hydrogens is 266 g/mol. The number of ether oxygens (including phenoxy) is 1. The lowest BCUT2D eigenvalue weighted by atomic mass is 10.0. The van der Waals surface area contributed by atoms with Gasteiger partial charge < -0.3 is 19.9 Å². The van der Waals surface area contributed by atoms with E-state index in [0.29, 0.717) is 4.98 Å². The molecule has 0 spiro atoms. The second kappa shape index (κ2) is 5.77. The van der Waals surface area contributed by atoms with Crippen molar-refractivity contribution in [1.29, 1.82) is 0 Å². The number of benzene rings is 1. The first kappa shape index (κ1) is 4.49. The second-order valence-corrected chi connectivity index (χ2v) is 4.23. The highest BCUT2D eigenvalue weighted by molar-refractivity contribution is 5.84. The average molecular weight is 303 g/mol. The highest BCUT2D eigenvalue weighted by Gasteiger charge is 2.22. The SMILES string of the molecule is [2H]c1c(C([2H])([2H])C([2H])([2H])N(C([2H])([2H])[2H])C([2H])([2H])[2H])c2cc(C[C@]3([2H])N([2H])C(=O)OC3([2H])[2H])ccc2n1[2H]. The summed E-state index contributed by atoms with van der Waals surface area (Å²) < 4.78 is 131. The Hall–Kier alpha value is -2.01. The molecule has 0 radical (unpaired) electrons. The second-order valence-electron chi connectivity index (χ2n) is 4.23. The molecule has 2 N–H and O–H groups in total. The molecular formula is C16H21N3O2. The van der Waals surface area contributed by atoms with Crippen LogP contribution in [0.3, 0.4) is 0 Å². The predicted molar refractivity (Wildman–Crippen MR) is 82.5 cm³/mol. The third-order valence-electron chi connectivity index (χ3n) is 2.77. The van der Waals surface area contributed by atoms with E-state index in [1.165, 1.54) is 12.1 Å². The number of carbonyl (C=O) groups is 1. The largest absolute Gasteiger partial charge is 0.447 e. The number of nitrogens with one attached hydrogen (secondary N) is 2. The summed E-state index contributed by atoms with van der Waals surface area (Å²) in [5, 5.41) is -0.347. The van der Waals surface area contributed by atoms with Crippen molar-refractivity contribution >= 4 is 17.0 Å². The van der Waals surface area contributed by atoms with E-state index in [0.717, 1.165) is 6.07 Å². The van der Waals surface area contributed by atoms with Gasteiger partial charge in [0.1, 0.15) is 6.56 Å². The molecule has 112 valence electrons. The number of alkyl carbamates (subject to hydrolysis) is 1. The number of aromatic nitrogens is 1. The Balaban J connectivity index is 2.23. The number of fused-ring (bicyclic) bond motifs is 1. The first-order valence-corrected chi connectivity index (χ1v) is 5.87. The number of H-pyrrole nitrogens is 1. The van der Waals surface area contributed by atoms with Crippen LogP contribution in [-0.4, -0.2) is 49.0 Å². The third kappa shape index (κ3) is 3.19. The van der Waals surface area contributed by atoms with Gasteiger partial charge in [-0.15, -0.1) is 0 Å². The van der Waals surface area contributed by atoms with Gasteiger partial charge in [-0.2, -0.15) is 0 Å². The van der Waals surface area contributed by atoms with Crippen LogP contribution in [0.5, 0.6) is 0 Å². The summed E-state index contributed by atoms with van der Waals surface area (Å²) in [6.07, 6.45) is -6.55. The number of likely N-dealkylation sites (N-methyl/N-ethyl adjacent to an activating group) is 1. The van der Waals surface area contributed by atoms with Crippen molar-refractivity contribution in [2.45, 2.75) is 18.8 Å². The molecule has 1 atom stereocenters. The van der Waals surface area contributed by atoms with E-state index < -0.39 is 68.5 Å². The minimum Gasteiger partial charge on any atom is -0.447 e. The summed E-state index contributed by atoms with van der Waals surface area (Å²) in [4.78, 5) is 11.5. The van der Waals surface area contributed by atoms with Gasteiger partial charge in [0.2, 0.25) is 0 Å². The van der Waals surface area contributed by atoms with E-state index >= 15 is 0 Å². The molecule has 5 nitrogen and oxygen atoms in total. The van der Waals surface area contributed by atoms with Crippen LogP contribution in [0.25, 0.3) is 10.9 Å². The molecule has 3 rings (SSSR count). The van der Waals surface area contributed by atoms with Gasteiger partial charge >= 0.3 is 6.09 Å². The van der Waals surface area contributed by atoms with Gasteiger partial charge in [0.05, 0.1) is 11.5 Å². The molecule has 0 bridgehead atoms. The van der Waals surface area contributed by atoms with Crippen molar-refractivity contribution in [3.05, 3.63) is 35.5 Å². The van der Waals surface area contributed by atoms with E-state index in [1.54, 1.807) is 0 Å². The quantitative estimate of drug-likeness (QED) is 0.887. The zero-order valence-corrected chi connectivity index (χ0v) is 10.6. The van der Waals surface area contributed by atoms with Crippen molar-refractivity contribution in [3.8, 4) is 0 Å². The molecule has 0 saturated carbocycles. The van der Waals surface area contributed by atoms with Crippen LogP contribution in [0.4, 0.5) is 4.79 Å². The standard InChI is InChI=1S/C16H21N3O2/c1-19(2)6-5-12-9-17-15-4-3-11(8-14(12)15)7-13-10-21-16(20)18-13/h3-4,8-9,13,17H,5-7,10H2,1-2H3,(H,18,20)/t13-/m0/s1/i1D3,2D3,5D2,6D2,9D,10D2,13D/hD2. The summed E-state index contributed by atoms with van der Waals surface area (Å²) in [6.45, 7) is -14.0. The molecule has 1 aliphatic heterocycles. The number of rotatable bonds is 5. The van der Waals surface area contributed by atoms with Gasteiger partial charge in [-0.1, -0.05) is 6.07 Å². The Bertz CT molecular complexity index is 1220. The fourth-order valence-corrected chi connectivity index (χ4v) is 1.90. The van der Waals surface area contributed by atoms with Crippen LogP contribution in [0, 0.1) is 0 Å². The van der Waals surface area contributed by atoms with Gasteiger partial charge in [-0.3, -0.25) is 0 Å². The first-order chi connectivity index (χ1) is 16.4. The average Bonchev–Trinajstić information content (AvgIpc) is 3.01. The molecule has 1 aliphatic rings. The molecule has 1 aromatic carbocycles. The number of amides is 1. The highest BCUT2D eigenvalue weighted by Crippen LogP contribution is 2.21. The predicted octanol–water partition coefficient (Wildman–Crippen LogP) is 1.92. The third-order valence-corrected chi connectivity index (χ3v) is 2.77. The number of hydrogen-bond acceptors (Lipinski definition) is 3. The normalized spacial score (nSPS) is 38.3. The summed E-state index contributed by atoms with van der Waals surface area (Å²) in [5.74, 6) is 0. The van der Waals surface area contributed by atoms with Gasteiger partial charge in [-0.05, 0) is 50.0 Å². The Labute approximate surface area is 146 Å². The van der Waals surface area contributed by atoms with Crippen LogP contribution in [-0.2, 0) is 17.5 Å². The summed E-state index contributed by atoms with van der Waals surface area (Å²) in [5.41, 5.74) is -1.04. The van der Waals surface area contributed by atoms with Crippen LogP contribution < -0.4 is 5.31 Å². The highest BCUT2D eigenvalue weighted by atomic mass is 16.6. The Morgan fingerprint density at radius 3 is 3.38 bits per heavy atom. The fourth-order valence-electron chi connectivity index (χ4n) is 1.90. The van der Waals surface area contributed by atoms with E-state index in [4.69, 9.17) is 22.0 Å².